The molecule has 1 aliphatic rings. The van der Waals surface area contributed by atoms with Gasteiger partial charge in [0.2, 0.25) is 5.95 Å². The molecule has 0 aliphatic heterocycles. The molecule has 0 unspecified atom stereocenters. The molecule has 1 aliphatic carbocycles. The van der Waals surface area contributed by atoms with Crippen LogP contribution in [0.4, 0.5) is 22.2 Å². The highest BCUT2D eigenvalue weighted by molar-refractivity contribution is 7.78. The molecule has 2 amide bonds. The number of carbonyl (C=O) groups is 1. The molecule has 2 aromatic carbocycles. The zero-order valence-corrected chi connectivity index (χ0v) is 20.6. The second-order valence-electron chi connectivity index (χ2n) is 9.08. The maximum Gasteiger partial charge on any atom is 0.331 e. The van der Waals surface area contributed by atoms with Gasteiger partial charge >= 0.3 is 6.03 Å². The summed E-state index contributed by atoms with van der Waals surface area (Å²) < 4.78 is 1.55. The van der Waals surface area contributed by atoms with Gasteiger partial charge in [0.25, 0.3) is 0 Å². The van der Waals surface area contributed by atoms with E-state index in [0.29, 0.717) is 5.95 Å². The van der Waals surface area contributed by atoms with E-state index in [2.05, 4.69) is 29.5 Å². The largest absolute Gasteiger partial charge is 0.362 e. The van der Waals surface area contributed by atoms with Gasteiger partial charge in [-0.15, -0.1) is 0 Å². The zero-order chi connectivity index (χ0) is 23.5. The quantitative estimate of drug-likeness (QED) is 0.440. The van der Waals surface area contributed by atoms with Crippen LogP contribution >= 0.6 is 12.8 Å². The van der Waals surface area contributed by atoms with E-state index in [4.69, 9.17) is 9.97 Å². The van der Waals surface area contributed by atoms with Crippen LogP contribution in [0.25, 0.3) is 10.9 Å². The fourth-order valence-corrected chi connectivity index (χ4v) is 4.79. The summed E-state index contributed by atoms with van der Waals surface area (Å²) in [6.45, 7) is 4.05. The number of para-hydroxylation sites is 1. The maximum absolute atomic E-state index is 12.7. The molecule has 33 heavy (non-hydrogen) atoms. The van der Waals surface area contributed by atoms with Gasteiger partial charge in [-0.3, -0.25) is 4.31 Å². The highest BCUT2D eigenvalue weighted by Crippen LogP contribution is 2.29. The SMILES string of the molecule is Cc1cc(C)cc(NC(=O)N(S)C2CCC(Nc3nc(N(C)C)c4ccccc4n3)CC2)c1. The van der Waals surface area contributed by atoms with Gasteiger partial charge in [-0.1, -0.05) is 31.0 Å². The Labute approximate surface area is 201 Å². The molecule has 0 atom stereocenters. The lowest BCUT2D eigenvalue weighted by Crippen LogP contribution is -2.40. The minimum atomic E-state index is -0.187. The van der Waals surface area contributed by atoms with Gasteiger partial charge < -0.3 is 15.5 Å². The first-order chi connectivity index (χ1) is 15.8. The van der Waals surface area contributed by atoms with Crippen molar-refractivity contribution in [3.8, 4) is 0 Å². The molecule has 7 nitrogen and oxygen atoms in total. The molecule has 1 saturated carbocycles. The first kappa shape index (κ1) is 23.2. The van der Waals surface area contributed by atoms with Crippen molar-refractivity contribution >= 4 is 47.2 Å². The van der Waals surface area contributed by atoms with Crippen molar-refractivity contribution in [3.05, 3.63) is 53.6 Å². The predicted molar refractivity (Wildman–Crippen MR) is 139 cm³/mol. The normalized spacial score (nSPS) is 18.1. The van der Waals surface area contributed by atoms with Crippen LogP contribution < -0.4 is 15.5 Å². The van der Waals surface area contributed by atoms with Gasteiger partial charge in [-0.25, -0.2) is 9.78 Å². The molecule has 2 N–H and O–H groups in total. The Morgan fingerprint density at radius 3 is 2.33 bits per heavy atom. The number of hydrogen-bond acceptors (Lipinski definition) is 6. The van der Waals surface area contributed by atoms with Crippen molar-refractivity contribution < 1.29 is 4.79 Å². The van der Waals surface area contributed by atoms with Crippen LogP contribution in [0, 0.1) is 13.8 Å². The third kappa shape index (κ3) is 5.50. The number of amides is 2. The van der Waals surface area contributed by atoms with E-state index in [9.17, 15) is 4.79 Å². The lowest BCUT2D eigenvalue weighted by molar-refractivity contribution is 0.217. The maximum atomic E-state index is 12.7. The van der Waals surface area contributed by atoms with Gasteiger partial charge in [0.05, 0.1) is 5.52 Å². The van der Waals surface area contributed by atoms with E-state index in [1.807, 2.05) is 69.2 Å². The summed E-state index contributed by atoms with van der Waals surface area (Å²) in [5.41, 5.74) is 3.97. The summed E-state index contributed by atoms with van der Waals surface area (Å²) in [5.74, 6) is 1.55. The first-order valence-corrected chi connectivity index (χ1v) is 11.8. The Hall–Kier alpha value is -3.00. The highest BCUT2D eigenvalue weighted by Gasteiger charge is 2.28. The number of urea groups is 1. The number of aryl methyl sites for hydroxylation is 2. The Morgan fingerprint density at radius 2 is 1.67 bits per heavy atom. The van der Waals surface area contributed by atoms with E-state index >= 15 is 0 Å². The molecule has 3 aromatic rings. The van der Waals surface area contributed by atoms with Gasteiger partial charge in [0, 0.05) is 37.3 Å². The smallest absolute Gasteiger partial charge is 0.331 e. The van der Waals surface area contributed by atoms with E-state index in [-0.39, 0.29) is 18.1 Å². The van der Waals surface area contributed by atoms with Gasteiger partial charge in [-0.05, 0) is 74.9 Å². The van der Waals surface area contributed by atoms with Crippen LogP contribution in [-0.2, 0) is 0 Å². The van der Waals surface area contributed by atoms with E-state index in [0.717, 1.165) is 59.2 Å². The van der Waals surface area contributed by atoms with Gasteiger partial charge in [0.15, 0.2) is 0 Å². The summed E-state index contributed by atoms with van der Waals surface area (Å²) in [5, 5.41) is 7.53. The van der Waals surface area contributed by atoms with Gasteiger partial charge in [-0.2, -0.15) is 4.98 Å². The summed E-state index contributed by atoms with van der Waals surface area (Å²) in [6.07, 6.45) is 3.59. The Bertz CT molecular complexity index is 1120. The molecule has 0 radical (unpaired) electrons. The molecule has 4 rings (SSSR count). The molecular weight excluding hydrogens is 432 g/mol. The molecule has 1 aromatic heterocycles. The van der Waals surface area contributed by atoms with Crippen LogP contribution in [0.15, 0.2) is 42.5 Å². The molecule has 174 valence electrons. The predicted octanol–water partition coefficient (Wildman–Crippen LogP) is 5.41. The fourth-order valence-electron chi connectivity index (χ4n) is 4.51. The summed E-state index contributed by atoms with van der Waals surface area (Å²) in [4.78, 5) is 24.2. The third-order valence-electron chi connectivity index (χ3n) is 6.06. The second kappa shape index (κ2) is 9.87. The van der Waals surface area contributed by atoms with Crippen LogP contribution in [0.5, 0.6) is 0 Å². The average molecular weight is 465 g/mol. The first-order valence-electron chi connectivity index (χ1n) is 11.4. The number of benzene rings is 2. The summed E-state index contributed by atoms with van der Waals surface area (Å²) in [6, 6.07) is 14.3. The van der Waals surface area contributed by atoms with Crippen LogP contribution in [0.2, 0.25) is 0 Å². The van der Waals surface area contributed by atoms with Crippen molar-refractivity contribution in [2.45, 2.75) is 51.6 Å². The number of hydrogen-bond donors (Lipinski definition) is 3. The van der Waals surface area contributed by atoms with Crippen LogP contribution in [0.1, 0.15) is 36.8 Å². The van der Waals surface area contributed by atoms with Gasteiger partial charge in [0.1, 0.15) is 5.82 Å². The number of carbonyl (C=O) groups excluding carboxylic acids is 1. The van der Waals surface area contributed by atoms with E-state index < -0.39 is 0 Å². The van der Waals surface area contributed by atoms with Crippen LogP contribution in [-0.4, -0.2) is 46.5 Å². The molecule has 8 heteroatoms. The third-order valence-corrected chi connectivity index (χ3v) is 6.57. The van der Waals surface area contributed by atoms with Crippen molar-refractivity contribution in [3.63, 3.8) is 0 Å². The standard InChI is InChI=1S/C25H32N6OS/c1-16-13-17(2)15-19(14-16)27-25(32)31(33)20-11-9-18(10-12-20)26-24-28-22-8-6-5-7-21(22)23(29-24)30(3)4/h5-8,13-15,18,20,33H,9-12H2,1-4H3,(H,27,32)(H,26,28,29). The monoisotopic (exact) mass is 464 g/mol. The fraction of sp³-hybridized carbons (Fsp3) is 0.400. The number of rotatable bonds is 5. The number of nitrogens with zero attached hydrogens (tertiary/aromatic N) is 4. The average Bonchev–Trinajstić information content (AvgIpc) is 2.77. The molecule has 0 bridgehead atoms. The van der Waals surface area contributed by atoms with Crippen molar-refractivity contribution in [1.29, 1.82) is 0 Å². The van der Waals surface area contributed by atoms with E-state index in [1.54, 1.807) is 4.31 Å². The Morgan fingerprint density at radius 1 is 1.00 bits per heavy atom. The van der Waals surface area contributed by atoms with Crippen LogP contribution in [0.3, 0.4) is 0 Å². The minimum absolute atomic E-state index is 0.0900. The lowest BCUT2D eigenvalue weighted by Gasteiger charge is -2.34. The van der Waals surface area contributed by atoms with E-state index in [1.165, 1.54) is 0 Å². The lowest BCUT2D eigenvalue weighted by atomic mass is 9.91. The highest BCUT2D eigenvalue weighted by atomic mass is 32.1. The number of thiol groups is 1. The summed E-state index contributed by atoms with van der Waals surface area (Å²) in [7, 11) is 3.99. The Kier molecular flexibility index (Phi) is 6.93. The molecular formula is C25H32N6OS. The van der Waals surface area contributed by atoms with Crippen molar-refractivity contribution in [1.82, 2.24) is 14.3 Å². The molecule has 0 saturated heterocycles. The minimum Gasteiger partial charge on any atom is -0.362 e. The number of anilines is 3. The molecule has 0 spiro atoms. The Balaban J connectivity index is 1.36. The van der Waals surface area contributed by atoms with Crippen molar-refractivity contribution in [2.24, 2.45) is 0 Å². The number of nitrogens with one attached hydrogen (secondary N) is 2. The second-order valence-corrected chi connectivity index (χ2v) is 9.51. The number of fused-ring (bicyclic) bond motifs is 1. The molecule has 1 heterocycles. The van der Waals surface area contributed by atoms with Crippen molar-refractivity contribution in [2.75, 3.05) is 29.6 Å². The molecule has 1 fully saturated rings. The summed E-state index contributed by atoms with van der Waals surface area (Å²) >= 11 is 4.53. The topological polar surface area (TPSA) is 73.4 Å². The zero-order valence-electron chi connectivity index (χ0n) is 19.7. The number of aromatic nitrogens is 2.